The monoisotopic (exact) mass is 348 g/mol. The molecule has 0 aliphatic carbocycles. The van der Waals surface area contributed by atoms with Crippen LogP contribution in [0.25, 0.3) is 0 Å². The zero-order chi connectivity index (χ0) is 18.0. The number of aliphatic carboxylic acids is 1. The molecule has 1 atom stereocenters. The number of hydrogen-bond donors (Lipinski definition) is 2. The van der Waals surface area contributed by atoms with Crippen molar-refractivity contribution in [3.05, 3.63) is 29.6 Å². The molecule has 2 fully saturated rings. The molecule has 1 aromatic rings. The van der Waals surface area contributed by atoms with Crippen LogP contribution in [0.1, 0.15) is 43.6 Å². The van der Waals surface area contributed by atoms with Crippen LogP contribution < -0.4 is 10.2 Å². The van der Waals surface area contributed by atoms with E-state index in [2.05, 4.69) is 5.32 Å². The Balaban J connectivity index is 1.68. The molecule has 25 heavy (non-hydrogen) atoms. The Morgan fingerprint density at radius 3 is 2.56 bits per heavy atom. The van der Waals surface area contributed by atoms with Crippen molar-refractivity contribution in [3.63, 3.8) is 0 Å². The third-order valence-corrected chi connectivity index (χ3v) is 5.03. The fourth-order valence-corrected chi connectivity index (χ4v) is 3.63. The van der Waals surface area contributed by atoms with Crippen molar-refractivity contribution >= 4 is 23.5 Å². The van der Waals surface area contributed by atoms with E-state index in [0.717, 1.165) is 12.8 Å². The maximum Gasteiger partial charge on any atom is 0.303 e. The molecular weight excluding hydrogens is 327 g/mol. The van der Waals surface area contributed by atoms with Crippen LogP contribution in [0, 0.1) is 11.7 Å². The molecule has 134 valence electrons. The van der Waals surface area contributed by atoms with E-state index in [9.17, 15) is 18.8 Å². The Morgan fingerprint density at radius 1 is 1.24 bits per heavy atom. The van der Waals surface area contributed by atoms with Gasteiger partial charge in [0.1, 0.15) is 5.82 Å². The van der Waals surface area contributed by atoms with Crippen molar-refractivity contribution < 1.29 is 23.9 Å². The quantitative estimate of drug-likeness (QED) is 0.813. The zero-order valence-electron chi connectivity index (χ0n) is 13.8. The molecule has 0 bridgehead atoms. The largest absolute Gasteiger partial charge is 0.481 e. The zero-order valence-corrected chi connectivity index (χ0v) is 13.8. The van der Waals surface area contributed by atoms with E-state index in [1.807, 2.05) is 4.90 Å². The van der Waals surface area contributed by atoms with E-state index >= 15 is 0 Å². The van der Waals surface area contributed by atoms with Crippen molar-refractivity contribution in [2.45, 2.75) is 38.0 Å². The summed E-state index contributed by atoms with van der Waals surface area (Å²) < 4.78 is 14.6. The Morgan fingerprint density at radius 2 is 1.96 bits per heavy atom. The van der Waals surface area contributed by atoms with Gasteiger partial charge in [-0.05, 0) is 42.9 Å². The SMILES string of the molecule is O=C(O)CC1CCN(c2ccc(C3CCC(=O)NC3=O)cc2F)CC1. The number of piperidine rings is 2. The Kier molecular flexibility index (Phi) is 5.01. The lowest BCUT2D eigenvalue weighted by molar-refractivity contribution is -0.138. The topological polar surface area (TPSA) is 86.7 Å². The number of rotatable bonds is 4. The molecule has 2 N–H and O–H groups in total. The average Bonchev–Trinajstić information content (AvgIpc) is 2.55. The molecule has 7 heteroatoms. The second-order valence-electron chi connectivity index (χ2n) is 6.74. The molecule has 2 heterocycles. The predicted molar refractivity (Wildman–Crippen MR) is 88.7 cm³/mol. The molecule has 2 aliphatic heterocycles. The van der Waals surface area contributed by atoms with Crippen molar-refractivity contribution in [3.8, 4) is 0 Å². The second kappa shape index (κ2) is 7.21. The Bertz CT molecular complexity index is 698. The van der Waals surface area contributed by atoms with E-state index in [0.29, 0.717) is 30.8 Å². The van der Waals surface area contributed by atoms with Crippen LogP contribution in [-0.4, -0.2) is 36.0 Å². The molecule has 0 radical (unpaired) electrons. The van der Waals surface area contributed by atoms with Gasteiger partial charge < -0.3 is 10.0 Å². The molecule has 1 aromatic carbocycles. The van der Waals surface area contributed by atoms with Gasteiger partial charge in [0.25, 0.3) is 0 Å². The second-order valence-corrected chi connectivity index (χ2v) is 6.74. The minimum Gasteiger partial charge on any atom is -0.481 e. The van der Waals surface area contributed by atoms with Crippen molar-refractivity contribution in [2.24, 2.45) is 5.92 Å². The molecule has 2 amide bonds. The fraction of sp³-hybridized carbons (Fsp3) is 0.500. The molecule has 3 rings (SSSR count). The fourth-order valence-electron chi connectivity index (χ4n) is 3.63. The summed E-state index contributed by atoms with van der Waals surface area (Å²) >= 11 is 0. The lowest BCUT2D eigenvalue weighted by Gasteiger charge is -2.33. The van der Waals surface area contributed by atoms with Crippen LogP contribution >= 0.6 is 0 Å². The molecule has 0 saturated carbocycles. The number of benzene rings is 1. The normalized spacial score (nSPS) is 22.0. The maximum absolute atomic E-state index is 14.6. The number of nitrogens with zero attached hydrogens (tertiary/aromatic N) is 1. The van der Waals surface area contributed by atoms with Crippen molar-refractivity contribution in [2.75, 3.05) is 18.0 Å². The minimum absolute atomic E-state index is 0.138. The first-order valence-electron chi connectivity index (χ1n) is 8.54. The number of anilines is 1. The summed E-state index contributed by atoms with van der Waals surface area (Å²) in [6.45, 7) is 1.24. The van der Waals surface area contributed by atoms with Crippen LogP contribution in [-0.2, 0) is 14.4 Å². The van der Waals surface area contributed by atoms with Crippen LogP contribution in [0.15, 0.2) is 18.2 Å². The number of carboxylic acid groups (broad SMARTS) is 1. The van der Waals surface area contributed by atoms with Gasteiger partial charge in [-0.3, -0.25) is 19.7 Å². The van der Waals surface area contributed by atoms with Crippen LogP contribution in [0.2, 0.25) is 0 Å². The number of halogens is 1. The number of nitrogens with one attached hydrogen (secondary N) is 1. The minimum atomic E-state index is -0.793. The van der Waals surface area contributed by atoms with Crippen molar-refractivity contribution in [1.82, 2.24) is 5.32 Å². The highest BCUT2D eigenvalue weighted by Gasteiger charge is 2.29. The van der Waals surface area contributed by atoms with E-state index in [-0.39, 0.29) is 36.4 Å². The highest BCUT2D eigenvalue weighted by molar-refractivity contribution is 6.00. The van der Waals surface area contributed by atoms with Crippen LogP contribution in [0.4, 0.5) is 10.1 Å². The summed E-state index contributed by atoms with van der Waals surface area (Å²) in [6, 6.07) is 4.78. The third-order valence-electron chi connectivity index (χ3n) is 5.03. The highest BCUT2D eigenvalue weighted by Crippen LogP contribution is 2.31. The van der Waals surface area contributed by atoms with Crippen LogP contribution in [0.3, 0.4) is 0 Å². The number of carbonyl (C=O) groups excluding carboxylic acids is 2. The first-order valence-corrected chi connectivity index (χ1v) is 8.54. The lowest BCUT2D eigenvalue weighted by Crippen LogP contribution is -2.39. The third kappa shape index (κ3) is 3.97. The van der Waals surface area contributed by atoms with Gasteiger partial charge in [0.05, 0.1) is 11.6 Å². The summed E-state index contributed by atoms with van der Waals surface area (Å²) in [6.07, 6.45) is 2.26. The smallest absolute Gasteiger partial charge is 0.303 e. The molecular formula is C18H21FN2O4. The Labute approximate surface area is 145 Å². The number of imide groups is 1. The van der Waals surface area contributed by atoms with Crippen LogP contribution in [0.5, 0.6) is 0 Å². The molecule has 6 nitrogen and oxygen atoms in total. The first-order chi connectivity index (χ1) is 11.9. The van der Waals surface area contributed by atoms with E-state index < -0.39 is 11.9 Å². The number of hydrogen-bond acceptors (Lipinski definition) is 4. The number of carboxylic acids is 1. The van der Waals surface area contributed by atoms with Gasteiger partial charge in [0.15, 0.2) is 0 Å². The molecule has 0 spiro atoms. The summed E-state index contributed by atoms with van der Waals surface area (Å²) in [4.78, 5) is 35.8. The molecule has 0 aromatic heterocycles. The van der Waals surface area contributed by atoms with Gasteiger partial charge in [-0.15, -0.1) is 0 Å². The maximum atomic E-state index is 14.6. The Hall–Kier alpha value is -2.44. The molecule has 2 aliphatic rings. The molecule has 2 saturated heterocycles. The van der Waals surface area contributed by atoms with Gasteiger partial charge in [0, 0.05) is 25.9 Å². The summed E-state index contributed by atoms with van der Waals surface area (Å²) in [5, 5.41) is 11.1. The van der Waals surface area contributed by atoms with Gasteiger partial charge in [-0.2, -0.15) is 0 Å². The molecule has 1 unspecified atom stereocenters. The van der Waals surface area contributed by atoms with Gasteiger partial charge >= 0.3 is 5.97 Å². The van der Waals surface area contributed by atoms with E-state index in [1.165, 1.54) is 6.07 Å². The van der Waals surface area contributed by atoms with Crippen molar-refractivity contribution in [1.29, 1.82) is 0 Å². The van der Waals surface area contributed by atoms with E-state index in [4.69, 9.17) is 5.11 Å². The van der Waals surface area contributed by atoms with Gasteiger partial charge in [0.2, 0.25) is 11.8 Å². The summed E-state index contributed by atoms with van der Waals surface area (Å²) in [7, 11) is 0. The number of amides is 2. The summed E-state index contributed by atoms with van der Waals surface area (Å²) in [5.74, 6) is -2.21. The highest BCUT2D eigenvalue weighted by atomic mass is 19.1. The van der Waals surface area contributed by atoms with Gasteiger partial charge in [-0.25, -0.2) is 4.39 Å². The first kappa shape index (κ1) is 17.4. The standard InChI is InChI=1S/C18H21FN2O4/c19-14-10-12(13-2-4-16(22)20-18(13)25)1-3-15(14)21-7-5-11(6-8-21)9-17(23)24/h1,3,10-11,13H,2,4-9H2,(H,23,24)(H,20,22,25). The number of carbonyl (C=O) groups is 3. The van der Waals surface area contributed by atoms with E-state index in [1.54, 1.807) is 12.1 Å². The predicted octanol–water partition coefficient (Wildman–Crippen LogP) is 2.04. The summed E-state index contributed by atoms with van der Waals surface area (Å²) in [5.41, 5.74) is 1.05. The lowest BCUT2D eigenvalue weighted by atomic mass is 9.90. The van der Waals surface area contributed by atoms with Gasteiger partial charge in [-0.1, -0.05) is 6.07 Å². The average molecular weight is 348 g/mol.